The van der Waals surface area contributed by atoms with Gasteiger partial charge in [-0.15, -0.1) is 0 Å². The molecule has 44 heavy (non-hydrogen) atoms. The lowest BCUT2D eigenvalue weighted by Gasteiger charge is -2.62. The number of carboxylic acids is 1. The van der Waals surface area contributed by atoms with Gasteiger partial charge in [0.05, 0.1) is 37.9 Å². The molecule has 6 rings (SSSR count). The normalized spacial score (nSPS) is 38.5. The molecule has 3 saturated carbocycles. The van der Waals surface area contributed by atoms with Gasteiger partial charge in [0.2, 0.25) is 0 Å². The molecule has 0 amide bonds. The van der Waals surface area contributed by atoms with Crippen molar-refractivity contribution in [3.05, 3.63) is 47.3 Å². The first-order chi connectivity index (χ1) is 21.0. The highest BCUT2D eigenvalue weighted by atomic mass is 19.1. The van der Waals surface area contributed by atoms with Crippen molar-refractivity contribution in [1.29, 1.82) is 0 Å². The third-order valence-electron chi connectivity index (χ3n) is 11.5. The third kappa shape index (κ3) is 5.47. The van der Waals surface area contributed by atoms with Crippen molar-refractivity contribution in [2.75, 3.05) is 19.8 Å². The summed E-state index contributed by atoms with van der Waals surface area (Å²) >= 11 is 0. The van der Waals surface area contributed by atoms with Gasteiger partial charge >= 0.3 is 12.1 Å². The molecule has 5 aliphatic rings. The van der Waals surface area contributed by atoms with Crippen LogP contribution >= 0.6 is 0 Å². The summed E-state index contributed by atoms with van der Waals surface area (Å²) in [6.45, 7) is 5.02. The number of benzene rings is 1. The standard InChI is InChI=1S/C34H44FNO8/c1-17(2)11-19-5-8-22-21-9-10-24-23-14-42-16-34(24,25(21)12-27(37)30(22)29(19)32(38)39)13-28(44-33(40)41)31(23)43-15-26(36)18-3-6-20(35)7-4-18/h3-4,6-7,12,17,19,21-24,26,28-31H,5,8-11,13-16,36H2,1-2H3,(H,38,39)(H,40,41)/t19?,21?,22?,23?,24?,26?,28-,29-,30?,31-,34-/m1/s1. The summed E-state index contributed by atoms with van der Waals surface area (Å²) in [4.78, 5) is 38.5. The van der Waals surface area contributed by atoms with Gasteiger partial charge in [-0.2, -0.15) is 0 Å². The lowest BCUT2D eigenvalue weighted by atomic mass is 9.45. The number of fused-ring (bicyclic) bond motifs is 3. The predicted molar refractivity (Wildman–Crippen MR) is 157 cm³/mol. The Balaban J connectivity index is 1.29. The minimum atomic E-state index is -1.39. The van der Waals surface area contributed by atoms with Crippen LogP contribution in [0.5, 0.6) is 0 Å². The van der Waals surface area contributed by atoms with Gasteiger partial charge < -0.3 is 30.2 Å². The summed E-state index contributed by atoms with van der Waals surface area (Å²) in [5.41, 5.74) is 7.49. The highest BCUT2D eigenvalue weighted by molar-refractivity contribution is 5.97. The number of hydrogen-bond acceptors (Lipinski definition) is 7. The number of carbonyl (C=O) groups is 3. The molecule has 7 unspecified atom stereocenters. The minimum absolute atomic E-state index is 0.0215. The topological polar surface area (TPSA) is 145 Å². The summed E-state index contributed by atoms with van der Waals surface area (Å²) in [5, 5.41) is 20.0. The van der Waals surface area contributed by atoms with E-state index in [1.54, 1.807) is 18.2 Å². The quantitative estimate of drug-likeness (QED) is 0.335. The van der Waals surface area contributed by atoms with Gasteiger partial charge in [0, 0.05) is 17.3 Å². The second-order valence-electron chi connectivity index (χ2n) is 14.2. The Kier molecular flexibility index (Phi) is 8.63. The summed E-state index contributed by atoms with van der Waals surface area (Å²) in [6, 6.07) is 5.35. The van der Waals surface area contributed by atoms with Gasteiger partial charge in [0.1, 0.15) is 11.9 Å². The van der Waals surface area contributed by atoms with Gasteiger partial charge in [-0.3, -0.25) is 9.59 Å². The van der Waals surface area contributed by atoms with Crippen LogP contribution in [-0.2, 0) is 23.8 Å². The van der Waals surface area contributed by atoms with Gasteiger partial charge in [-0.1, -0.05) is 31.6 Å². The Labute approximate surface area is 257 Å². The number of carbonyl (C=O) groups excluding carboxylic acids is 1. The van der Waals surface area contributed by atoms with Gasteiger partial charge in [0.25, 0.3) is 0 Å². The number of hydrogen-bond donors (Lipinski definition) is 3. The molecule has 4 N–H and O–H groups in total. The average Bonchev–Trinajstić information content (AvgIpc) is 2.96. The van der Waals surface area contributed by atoms with Crippen LogP contribution in [0.25, 0.3) is 0 Å². The van der Waals surface area contributed by atoms with Crippen LogP contribution in [0.4, 0.5) is 9.18 Å². The van der Waals surface area contributed by atoms with Crippen LogP contribution in [0.2, 0.25) is 0 Å². The lowest BCUT2D eigenvalue weighted by Crippen LogP contribution is -2.64. The molecule has 11 atom stereocenters. The van der Waals surface area contributed by atoms with E-state index in [0.29, 0.717) is 31.1 Å². The first-order valence-corrected chi connectivity index (χ1v) is 16.1. The zero-order valence-corrected chi connectivity index (χ0v) is 25.4. The molecule has 4 fully saturated rings. The number of rotatable bonds is 8. The molecule has 9 nitrogen and oxygen atoms in total. The van der Waals surface area contributed by atoms with Crippen molar-refractivity contribution < 1.29 is 43.2 Å². The van der Waals surface area contributed by atoms with Crippen LogP contribution in [0, 0.1) is 58.6 Å². The largest absolute Gasteiger partial charge is 0.506 e. The highest BCUT2D eigenvalue weighted by Gasteiger charge is 2.64. The van der Waals surface area contributed by atoms with E-state index < -0.39 is 47.6 Å². The van der Waals surface area contributed by atoms with Crippen molar-refractivity contribution >= 4 is 17.9 Å². The summed E-state index contributed by atoms with van der Waals surface area (Å²) in [6.07, 6.45) is 3.35. The van der Waals surface area contributed by atoms with E-state index >= 15 is 0 Å². The van der Waals surface area contributed by atoms with Crippen LogP contribution in [0.3, 0.4) is 0 Å². The van der Waals surface area contributed by atoms with Crippen molar-refractivity contribution in [1.82, 2.24) is 0 Å². The fourth-order valence-corrected chi connectivity index (χ4v) is 9.91. The Morgan fingerprint density at radius 2 is 1.86 bits per heavy atom. The van der Waals surface area contributed by atoms with E-state index in [1.807, 2.05) is 0 Å². The molecule has 1 saturated heterocycles. The van der Waals surface area contributed by atoms with E-state index in [2.05, 4.69) is 13.8 Å². The zero-order valence-electron chi connectivity index (χ0n) is 25.4. The maximum Gasteiger partial charge on any atom is 0.506 e. The number of allylic oxidation sites excluding steroid dienone is 1. The average molecular weight is 614 g/mol. The number of aliphatic carboxylic acids is 1. The smallest absolute Gasteiger partial charge is 0.481 e. The lowest BCUT2D eigenvalue weighted by molar-refractivity contribution is -0.218. The molecule has 1 aromatic carbocycles. The summed E-state index contributed by atoms with van der Waals surface area (Å²) in [5.74, 6) is -2.34. The molecule has 0 spiro atoms. The minimum Gasteiger partial charge on any atom is -0.481 e. The number of carboxylic acid groups (broad SMARTS) is 2. The number of halogens is 1. The van der Waals surface area contributed by atoms with Crippen molar-refractivity contribution in [2.45, 2.75) is 70.6 Å². The molecule has 2 bridgehead atoms. The first kappa shape index (κ1) is 31.2. The fourth-order valence-electron chi connectivity index (χ4n) is 9.91. The zero-order chi connectivity index (χ0) is 31.3. The van der Waals surface area contributed by atoms with Gasteiger partial charge in [-0.05, 0) is 91.9 Å². The van der Waals surface area contributed by atoms with Crippen LogP contribution < -0.4 is 5.73 Å². The molecule has 4 aliphatic carbocycles. The Hall–Kier alpha value is -2.82. The van der Waals surface area contributed by atoms with Crippen LogP contribution in [0.15, 0.2) is 35.9 Å². The highest BCUT2D eigenvalue weighted by Crippen LogP contribution is 2.64. The van der Waals surface area contributed by atoms with Crippen molar-refractivity contribution in [3.63, 3.8) is 0 Å². The first-order valence-electron chi connectivity index (χ1n) is 16.1. The second-order valence-corrected chi connectivity index (χ2v) is 14.2. The van der Waals surface area contributed by atoms with Crippen molar-refractivity contribution in [3.8, 4) is 0 Å². The second kappa shape index (κ2) is 12.2. The van der Waals surface area contributed by atoms with Crippen molar-refractivity contribution in [2.24, 2.45) is 58.5 Å². The number of ketones is 1. The summed E-state index contributed by atoms with van der Waals surface area (Å²) < 4.78 is 31.5. The molecule has 0 radical (unpaired) electrons. The Bertz CT molecular complexity index is 1300. The molecular formula is C34H44FNO8. The molecule has 1 aromatic rings. The number of ether oxygens (including phenoxy) is 3. The monoisotopic (exact) mass is 613 g/mol. The maximum atomic E-state index is 14.0. The van der Waals surface area contributed by atoms with Gasteiger partial charge in [0.15, 0.2) is 5.78 Å². The SMILES string of the molecule is CC(C)CC1CCC2C3CCC4C5COC[C@@]4(C[C@@H](OC(=O)O)[C@@H]5OCC(N)c4ccc(F)cc4)C3=CC(=O)C2[C@@H]1C(=O)O. The van der Waals surface area contributed by atoms with Crippen LogP contribution in [-0.4, -0.2) is 60.1 Å². The Morgan fingerprint density at radius 1 is 1.11 bits per heavy atom. The van der Waals surface area contributed by atoms with E-state index in [-0.39, 0.29) is 47.8 Å². The maximum absolute atomic E-state index is 14.0. The van der Waals surface area contributed by atoms with E-state index in [0.717, 1.165) is 37.7 Å². The molecule has 0 aromatic heterocycles. The summed E-state index contributed by atoms with van der Waals surface area (Å²) in [7, 11) is 0. The molecule has 240 valence electrons. The molecule has 1 aliphatic heterocycles. The van der Waals surface area contributed by atoms with Gasteiger partial charge in [-0.25, -0.2) is 9.18 Å². The number of nitrogens with two attached hydrogens (primary N) is 1. The Morgan fingerprint density at radius 3 is 2.55 bits per heavy atom. The fraction of sp³-hybridized carbons (Fsp3) is 0.676. The predicted octanol–water partition coefficient (Wildman–Crippen LogP) is 5.24. The third-order valence-corrected chi connectivity index (χ3v) is 11.5. The van der Waals surface area contributed by atoms with E-state index in [1.165, 1.54) is 12.1 Å². The van der Waals surface area contributed by atoms with E-state index in [4.69, 9.17) is 19.9 Å². The van der Waals surface area contributed by atoms with E-state index in [9.17, 15) is 29.0 Å². The molecule has 1 heterocycles. The van der Waals surface area contributed by atoms with Crippen LogP contribution in [0.1, 0.15) is 64.0 Å². The molecule has 10 heteroatoms. The molecular weight excluding hydrogens is 569 g/mol.